The van der Waals surface area contributed by atoms with E-state index in [1.807, 2.05) is 49.1 Å². The molecule has 7 heteroatoms. The van der Waals surface area contributed by atoms with Crippen molar-refractivity contribution < 1.29 is 13.2 Å². The summed E-state index contributed by atoms with van der Waals surface area (Å²) in [6.07, 6.45) is 1.61. The minimum atomic E-state index is -3.43. The van der Waals surface area contributed by atoms with Crippen molar-refractivity contribution in [3.05, 3.63) is 41.3 Å². The highest BCUT2D eigenvalue weighted by Crippen LogP contribution is 2.11. The van der Waals surface area contributed by atoms with Crippen LogP contribution in [0, 0.1) is 0 Å². The van der Waals surface area contributed by atoms with Crippen LogP contribution in [0.2, 0.25) is 0 Å². The number of nitrogens with zero attached hydrogens (tertiary/aromatic N) is 2. The van der Waals surface area contributed by atoms with E-state index in [4.69, 9.17) is 0 Å². The van der Waals surface area contributed by atoms with Crippen LogP contribution < -0.4 is 5.32 Å². The first-order chi connectivity index (χ1) is 11.4. The highest BCUT2D eigenvalue weighted by molar-refractivity contribution is 7.92. The molecule has 1 aromatic rings. The van der Waals surface area contributed by atoms with Crippen LogP contribution >= 0.6 is 0 Å². The molecule has 0 radical (unpaired) electrons. The first kappa shape index (κ1) is 18.6. The predicted octanol–water partition coefficient (Wildman–Crippen LogP) is 1.13. The smallest absolute Gasteiger partial charge is 0.236 e. The molecule has 1 fully saturated rings. The van der Waals surface area contributed by atoms with E-state index in [9.17, 15) is 13.2 Å². The second-order valence-corrected chi connectivity index (χ2v) is 7.97. The van der Waals surface area contributed by atoms with Crippen LogP contribution in [0.1, 0.15) is 19.4 Å². The van der Waals surface area contributed by atoms with Gasteiger partial charge in [-0.1, -0.05) is 30.3 Å². The van der Waals surface area contributed by atoms with Crippen molar-refractivity contribution in [1.82, 2.24) is 14.5 Å². The van der Waals surface area contributed by atoms with Gasteiger partial charge < -0.3 is 5.32 Å². The van der Waals surface area contributed by atoms with E-state index < -0.39 is 10.0 Å². The molecule has 0 saturated carbocycles. The van der Waals surface area contributed by atoms with Gasteiger partial charge in [-0.3, -0.25) is 9.69 Å². The van der Waals surface area contributed by atoms with Crippen LogP contribution in [0.5, 0.6) is 0 Å². The molecule has 132 valence electrons. The van der Waals surface area contributed by atoms with Gasteiger partial charge in [-0.2, -0.15) is 4.31 Å². The van der Waals surface area contributed by atoms with Crippen molar-refractivity contribution in [2.24, 2.45) is 0 Å². The molecule has 0 aromatic heterocycles. The lowest BCUT2D eigenvalue weighted by Crippen LogP contribution is -2.51. The quantitative estimate of drug-likeness (QED) is 0.834. The summed E-state index contributed by atoms with van der Waals surface area (Å²) in [7, 11) is -3.43. The summed E-state index contributed by atoms with van der Waals surface area (Å²) in [6, 6.07) is 9.46. The third-order valence-corrected chi connectivity index (χ3v) is 5.31. The zero-order valence-corrected chi connectivity index (χ0v) is 15.0. The Morgan fingerprint density at radius 2 is 1.79 bits per heavy atom. The Bertz CT molecular complexity index is 664. The number of rotatable bonds is 6. The first-order valence-electron chi connectivity index (χ1n) is 8.12. The lowest BCUT2D eigenvalue weighted by Gasteiger charge is -2.32. The summed E-state index contributed by atoms with van der Waals surface area (Å²) >= 11 is 0. The zero-order valence-electron chi connectivity index (χ0n) is 14.2. The molecule has 1 N–H and O–H groups in total. The number of hydrogen-bond donors (Lipinski definition) is 1. The standard InChI is InChI=1S/C17H25N3O3S/c1-15(2)18-17(21)14-19-9-11-20(12-10-19)24(22,23)13-8-16-6-4-3-5-7-16/h3-8,13,15H,9-12,14H2,1-2H3,(H,18,21)/b13-8+. The molecule has 1 aromatic carbocycles. The van der Waals surface area contributed by atoms with Crippen LogP contribution in [0.25, 0.3) is 6.08 Å². The van der Waals surface area contributed by atoms with Gasteiger partial charge in [-0.05, 0) is 25.5 Å². The van der Waals surface area contributed by atoms with Gasteiger partial charge >= 0.3 is 0 Å². The van der Waals surface area contributed by atoms with Crippen molar-refractivity contribution in [2.45, 2.75) is 19.9 Å². The van der Waals surface area contributed by atoms with Crippen LogP contribution in [-0.4, -0.2) is 62.3 Å². The molecule has 0 aliphatic carbocycles. The Kier molecular flexibility index (Phi) is 6.53. The third kappa shape index (κ3) is 5.74. The van der Waals surface area contributed by atoms with E-state index in [1.165, 1.54) is 9.71 Å². The van der Waals surface area contributed by atoms with Crippen molar-refractivity contribution >= 4 is 22.0 Å². The maximum atomic E-state index is 12.4. The van der Waals surface area contributed by atoms with Gasteiger partial charge in [0.05, 0.1) is 6.54 Å². The van der Waals surface area contributed by atoms with E-state index in [0.29, 0.717) is 32.7 Å². The molecule has 24 heavy (non-hydrogen) atoms. The molecule has 6 nitrogen and oxygen atoms in total. The summed E-state index contributed by atoms with van der Waals surface area (Å²) in [4.78, 5) is 13.7. The Labute approximate surface area is 144 Å². The number of nitrogens with one attached hydrogen (secondary N) is 1. The predicted molar refractivity (Wildman–Crippen MR) is 95.7 cm³/mol. The number of hydrogen-bond acceptors (Lipinski definition) is 4. The molecule has 1 aliphatic rings. The Hall–Kier alpha value is -1.70. The Morgan fingerprint density at radius 1 is 1.17 bits per heavy atom. The number of piperazine rings is 1. The molecule has 0 bridgehead atoms. The lowest BCUT2D eigenvalue weighted by molar-refractivity contribution is -0.123. The zero-order chi connectivity index (χ0) is 17.6. The monoisotopic (exact) mass is 351 g/mol. The Balaban J connectivity index is 1.87. The Morgan fingerprint density at radius 3 is 2.38 bits per heavy atom. The van der Waals surface area contributed by atoms with E-state index in [-0.39, 0.29) is 11.9 Å². The molecular formula is C17H25N3O3S. The van der Waals surface area contributed by atoms with Gasteiger partial charge in [0.1, 0.15) is 0 Å². The maximum Gasteiger partial charge on any atom is 0.236 e. The highest BCUT2D eigenvalue weighted by Gasteiger charge is 2.25. The van der Waals surface area contributed by atoms with E-state index >= 15 is 0 Å². The maximum absolute atomic E-state index is 12.4. The van der Waals surface area contributed by atoms with Crippen molar-refractivity contribution in [1.29, 1.82) is 0 Å². The van der Waals surface area contributed by atoms with Crippen LogP contribution in [0.3, 0.4) is 0 Å². The number of carbonyl (C=O) groups excluding carboxylic acids is 1. The van der Waals surface area contributed by atoms with Crippen molar-refractivity contribution in [3.63, 3.8) is 0 Å². The molecule has 0 spiro atoms. The number of sulfonamides is 1. The fourth-order valence-corrected chi connectivity index (χ4v) is 3.70. The molecule has 1 aliphatic heterocycles. The fourth-order valence-electron chi connectivity index (χ4n) is 2.53. The van der Waals surface area contributed by atoms with Gasteiger partial charge in [0.15, 0.2) is 0 Å². The molecule has 1 amide bonds. The van der Waals surface area contributed by atoms with Gasteiger partial charge in [0, 0.05) is 37.6 Å². The van der Waals surface area contributed by atoms with Gasteiger partial charge in [-0.25, -0.2) is 8.42 Å². The van der Waals surface area contributed by atoms with E-state index in [1.54, 1.807) is 6.08 Å². The normalized spacial score (nSPS) is 17.5. The van der Waals surface area contributed by atoms with Gasteiger partial charge in [0.25, 0.3) is 0 Å². The fraction of sp³-hybridized carbons (Fsp3) is 0.471. The molecule has 1 heterocycles. The molecule has 2 rings (SSSR count). The average molecular weight is 351 g/mol. The van der Waals surface area contributed by atoms with Crippen molar-refractivity contribution in [2.75, 3.05) is 32.7 Å². The topological polar surface area (TPSA) is 69.7 Å². The van der Waals surface area contributed by atoms with Gasteiger partial charge in [0.2, 0.25) is 15.9 Å². The number of amides is 1. The summed E-state index contributed by atoms with van der Waals surface area (Å²) < 4.78 is 26.2. The van der Waals surface area contributed by atoms with Crippen LogP contribution in [0.15, 0.2) is 35.7 Å². The second-order valence-electron chi connectivity index (χ2n) is 6.16. The minimum absolute atomic E-state index is 0.0229. The number of benzene rings is 1. The molecule has 0 unspecified atom stereocenters. The highest BCUT2D eigenvalue weighted by atomic mass is 32.2. The van der Waals surface area contributed by atoms with Gasteiger partial charge in [-0.15, -0.1) is 0 Å². The number of carbonyl (C=O) groups is 1. The van der Waals surface area contributed by atoms with E-state index in [0.717, 1.165) is 5.56 Å². The summed E-state index contributed by atoms with van der Waals surface area (Å²) in [5.74, 6) is -0.0229. The van der Waals surface area contributed by atoms with Crippen LogP contribution in [-0.2, 0) is 14.8 Å². The molecule has 1 saturated heterocycles. The van der Waals surface area contributed by atoms with Crippen molar-refractivity contribution in [3.8, 4) is 0 Å². The van der Waals surface area contributed by atoms with E-state index in [2.05, 4.69) is 5.32 Å². The first-order valence-corrected chi connectivity index (χ1v) is 9.62. The molecular weight excluding hydrogens is 326 g/mol. The average Bonchev–Trinajstić information content (AvgIpc) is 2.54. The lowest BCUT2D eigenvalue weighted by atomic mass is 10.2. The minimum Gasteiger partial charge on any atom is -0.353 e. The second kappa shape index (κ2) is 8.41. The largest absolute Gasteiger partial charge is 0.353 e. The van der Waals surface area contributed by atoms with Crippen LogP contribution in [0.4, 0.5) is 0 Å². The molecule has 0 atom stereocenters. The summed E-state index contributed by atoms with van der Waals surface area (Å²) in [6.45, 7) is 6.07. The summed E-state index contributed by atoms with van der Waals surface area (Å²) in [5, 5.41) is 4.10. The SMILES string of the molecule is CC(C)NC(=O)CN1CCN(S(=O)(=O)/C=C/c2ccccc2)CC1. The third-order valence-electron chi connectivity index (χ3n) is 3.74. The summed E-state index contributed by atoms with van der Waals surface area (Å²) in [5.41, 5.74) is 0.852.